The molecule has 0 saturated carbocycles. The van der Waals surface area contributed by atoms with Crippen LogP contribution in [0.3, 0.4) is 0 Å². The van der Waals surface area contributed by atoms with E-state index in [9.17, 15) is 9.18 Å². The lowest BCUT2D eigenvalue weighted by Gasteiger charge is -2.25. The number of aromatic nitrogens is 4. The number of hydrogen-bond donors (Lipinski definition) is 2. The molecule has 2 N–H and O–H groups in total. The number of carbonyl (C=O) groups excluding carboxylic acids is 1. The van der Waals surface area contributed by atoms with E-state index in [2.05, 4.69) is 25.9 Å². The largest absolute Gasteiger partial charge is 0.478 e. The van der Waals surface area contributed by atoms with E-state index in [1.54, 1.807) is 13.8 Å². The van der Waals surface area contributed by atoms with Crippen LogP contribution in [0.4, 0.5) is 4.39 Å². The molecule has 0 saturated heterocycles. The van der Waals surface area contributed by atoms with Gasteiger partial charge in [0, 0.05) is 0 Å². The Morgan fingerprint density at radius 2 is 2.10 bits per heavy atom. The lowest BCUT2D eigenvalue weighted by molar-refractivity contribution is -0.134. The van der Waals surface area contributed by atoms with Gasteiger partial charge in [0.25, 0.3) is 5.91 Å². The highest BCUT2D eigenvalue weighted by molar-refractivity contribution is 5.84. The van der Waals surface area contributed by atoms with Gasteiger partial charge < -0.3 is 10.1 Å². The van der Waals surface area contributed by atoms with Crippen LogP contribution in [-0.4, -0.2) is 32.1 Å². The summed E-state index contributed by atoms with van der Waals surface area (Å²) in [5.41, 5.74) is -1.11. The van der Waals surface area contributed by atoms with E-state index >= 15 is 0 Å². The molecule has 1 amide bonds. The van der Waals surface area contributed by atoms with Crippen molar-refractivity contribution in [2.24, 2.45) is 0 Å². The molecule has 20 heavy (non-hydrogen) atoms. The summed E-state index contributed by atoms with van der Waals surface area (Å²) in [6, 6.07) is 5.46. The molecule has 0 fully saturated rings. The van der Waals surface area contributed by atoms with Crippen molar-refractivity contribution in [2.45, 2.75) is 26.0 Å². The van der Waals surface area contributed by atoms with Gasteiger partial charge in [0.2, 0.25) is 0 Å². The average molecular weight is 279 g/mol. The molecule has 0 atom stereocenters. The second-order valence-electron chi connectivity index (χ2n) is 4.58. The Kier molecular flexibility index (Phi) is 3.92. The number of aromatic amines is 1. The van der Waals surface area contributed by atoms with E-state index in [0.29, 0.717) is 11.6 Å². The highest BCUT2D eigenvalue weighted by atomic mass is 19.1. The van der Waals surface area contributed by atoms with Crippen molar-refractivity contribution in [3.63, 3.8) is 0 Å². The molecule has 2 aromatic rings. The smallest absolute Gasteiger partial charge is 0.263 e. The second-order valence-corrected chi connectivity index (χ2v) is 4.58. The van der Waals surface area contributed by atoms with E-state index in [0.717, 1.165) is 0 Å². The Morgan fingerprint density at radius 3 is 2.70 bits per heavy atom. The summed E-state index contributed by atoms with van der Waals surface area (Å²) in [5, 5.41) is 15.7. The first-order valence-corrected chi connectivity index (χ1v) is 5.92. The number of tetrazole rings is 1. The molecule has 0 spiro atoms. The van der Waals surface area contributed by atoms with Crippen LogP contribution in [0, 0.1) is 5.82 Å². The van der Waals surface area contributed by atoms with Gasteiger partial charge in [0.1, 0.15) is 11.6 Å². The molecule has 1 heterocycles. The molecule has 0 aliphatic rings. The average Bonchev–Trinajstić information content (AvgIpc) is 2.91. The van der Waals surface area contributed by atoms with Gasteiger partial charge in [0.05, 0.1) is 6.54 Å². The zero-order valence-corrected chi connectivity index (χ0v) is 11.1. The number of rotatable bonds is 5. The summed E-state index contributed by atoms with van der Waals surface area (Å²) in [4.78, 5) is 12.0. The van der Waals surface area contributed by atoms with Gasteiger partial charge in [-0.2, -0.15) is 5.21 Å². The van der Waals surface area contributed by atoms with Crippen LogP contribution in [0.5, 0.6) is 5.75 Å². The Hall–Kier alpha value is -2.51. The summed E-state index contributed by atoms with van der Waals surface area (Å²) in [5.74, 6) is 0.0744. The van der Waals surface area contributed by atoms with Gasteiger partial charge in [-0.1, -0.05) is 5.21 Å². The van der Waals surface area contributed by atoms with Crippen LogP contribution >= 0.6 is 0 Å². The Morgan fingerprint density at radius 1 is 1.40 bits per heavy atom. The first-order chi connectivity index (χ1) is 9.47. The molecule has 106 valence electrons. The number of benzene rings is 1. The number of ether oxygens (including phenoxy) is 1. The number of H-pyrrole nitrogens is 1. The minimum absolute atomic E-state index is 0.144. The van der Waals surface area contributed by atoms with Crippen LogP contribution in [0.25, 0.3) is 0 Å². The first kappa shape index (κ1) is 13.9. The van der Waals surface area contributed by atoms with Gasteiger partial charge in [-0.25, -0.2) is 4.39 Å². The standard InChI is InChI=1S/C12H14FN5O2/c1-12(2,20-9-5-3-8(13)4-6-9)11(19)14-7-10-15-17-18-16-10/h3-6H,7H2,1-2H3,(H,14,19)(H,15,16,17,18). The SMILES string of the molecule is CC(C)(Oc1ccc(F)cc1)C(=O)NCc1nn[nH]n1. The lowest BCUT2D eigenvalue weighted by atomic mass is 10.1. The fourth-order valence-electron chi connectivity index (χ4n) is 1.47. The van der Waals surface area contributed by atoms with Crippen molar-refractivity contribution in [1.82, 2.24) is 25.9 Å². The number of nitrogens with one attached hydrogen (secondary N) is 2. The zero-order chi connectivity index (χ0) is 14.6. The van der Waals surface area contributed by atoms with Crippen LogP contribution < -0.4 is 10.1 Å². The highest BCUT2D eigenvalue weighted by Gasteiger charge is 2.29. The molecule has 7 nitrogen and oxygen atoms in total. The van der Waals surface area contributed by atoms with E-state index < -0.39 is 5.60 Å². The fourth-order valence-corrected chi connectivity index (χ4v) is 1.47. The maximum atomic E-state index is 12.8. The summed E-state index contributed by atoms with van der Waals surface area (Å²) in [6.07, 6.45) is 0. The predicted molar refractivity (Wildman–Crippen MR) is 67.1 cm³/mol. The summed E-state index contributed by atoms with van der Waals surface area (Å²) in [7, 11) is 0. The number of hydrogen-bond acceptors (Lipinski definition) is 5. The van der Waals surface area contributed by atoms with Crippen LogP contribution in [0.1, 0.15) is 19.7 Å². The van der Waals surface area contributed by atoms with E-state index in [4.69, 9.17) is 4.74 Å². The number of carbonyl (C=O) groups is 1. The normalized spacial score (nSPS) is 11.2. The molecule has 0 aliphatic carbocycles. The van der Waals surface area contributed by atoms with Crippen molar-refractivity contribution in [3.8, 4) is 5.75 Å². The van der Waals surface area contributed by atoms with Crippen molar-refractivity contribution in [1.29, 1.82) is 0 Å². The maximum absolute atomic E-state index is 12.8. The summed E-state index contributed by atoms with van der Waals surface area (Å²) < 4.78 is 18.3. The summed E-state index contributed by atoms with van der Waals surface area (Å²) >= 11 is 0. The number of nitrogens with zero attached hydrogens (tertiary/aromatic N) is 3. The zero-order valence-electron chi connectivity index (χ0n) is 11.1. The molecule has 8 heteroatoms. The maximum Gasteiger partial charge on any atom is 0.263 e. The fraction of sp³-hybridized carbons (Fsp3) is 0.333. The quantitative estimate of drug-likeness (QED) is 0.845. The van der Waals surface area contributed by atoms with Crippen molar-refractivity contribution >= 4 is 5.91 Å². The molecule has 1 aromatic carbocycles. The first-order valence-electron chi connectivity index (χ1n) is 5.92. The molecule has 0 aliphatic heterocycles. The Balaban J connectivity index is 1.94. The third-order valence-electron chi connectivity index (χ3n) is 2.53. The monoisotopic (exact) mass is 279 g/mol. The van der Waals surface area contributed by atoms with Crippen molar-refractivity contribution in [2.75, 3.05) is 0 Å². The van der Waals surface area contributed by atoms with Gasteiger partial charge in [0.15, 0.2) is 11.4 Å². The van der Waals surface area contributed by atoms with Gasteiger partial charge in [-0.05, 0) is 38.1 Å². The highest BCUT2D eigenvalue weighted by Crippen LogP contribution is 2.18. The molecule has 0 unspecified atom stereocenters. The molecule has 1 aromatic heterocycles. The summed E-state index contributed by atoms with van der Waals surface area (Å²) in [6.45, 7) is 3.37. The van der Waals surface area contributed by atoms with Crippen LogP contribution in [-0.2, 0) is 11.3 Å². The second kappa shape index (κ2) is 5.64. The Bertz CT molecular complexity index is 568. The minimum Gasteiger partial charge on any atom is -0.478 e. The third kappa shape index (κ3) is 3.50. The van der Waals surface area contributed by atoms with Crippen LogP contribution in [0.15, 0.2) is 24.3 Å². The molecule has 2 rings (SSSR count). The van der Waals surface area contributed by atoms with Crippen molar-refractivity contribution < 1.29 is 13.9 Å². The third-order valence-corrected chi connectivity index (χ3v) is 2.53. The van der Waals surface area contributed by atoms with E-state index in [-0.39, 0.29) is 18.3 Å². The number of halogens is 1. The molecule has 0 radical (unpaired) electrons. The Labute approximate surface area is 114 Å². The van der Waals surface area contributed by atoms with E-state index in [1.165, 1.54) is 24.3 Å². The molecular weight excluding hydrogens is 265 g/mol. The molecule has 0 bridgehead atoms. The number of amides is 1. The van der Waals surface area contributed by atoms with Gasteiger partial charge in [-0.15, -0.1) is 10.2 Å². The van der Waals surface area contributed by atoms with Crippen molar-refractivity contribution in [3.05, 3.63) is 35.9 Å². The van der Waals surface area contributed by atoms with Gasteiger partial charge in [-0.3, -0.25) is 4.79 Å². The van der Waals surface area contributed by atoms with Gasteiger partial charge >= 0.3 is 0 Å². The lowest BCUT2D eigenvalue weighted by Crippen LogP contribution is -2.46. The van der Waals surface area contributed by atoms with Crippen LogP contribution in [0.2, 0.25) is 0 Å². The minimum atomic E-state index is -1.11. The predicted octanol–water partition coefficient (Wildman–Crippen LogP) is 0.813. The molecular formula is C12H14FN5O2. The topological polar surface area (TPSA) is 92.8 Å². The van der Waals surface area contributed by atoms with E-state index in [1.807, 2.05) is 0 Å².